The number of hydrogen-bond acceptors (Lipinski definition) is 5. The first kappa shape index (κ1) is 16.8. The molecule has 2 aromatic rings. The third-order valence-corrected chi connectivity index (χ3v) is 3.83. The molecule has 0 fully saturated rings. The van der Waals surface area contributed by atoms with Crippen molar-refractivity contribution in [3.05, 3.63) is 52.9 Å². The summed E-state index contributed by atoms with van der Waals surface area (Å²) in [5, 5.41) is 0.339. The van der Waals surface area contributed by atoms with Crippen molar-refractivity contribution in [2.45, 2.75) is 5.51 Å². The lowest BCUT2D eigenvalue weighted by atomic mass is 10.0. The summed E-state index contributed by atoms with van der Waals surface area (Å²) in [5.74, 6) is -0.639. The second-order valence-electron chi connectivity index (χ2n) is 4.27. The SMILES string of the molecule is C=Cc1c(C=C)c2ccc(OS(=O)(=O)C(F)(F)F)cc2oc1=O. The van der Waals surface area contributed by atoms with Crippen LogP contribution in [0.2, 0.25) is 0 Å². The molecular formula is C14H9F3O5S. The van der Waals surface area contributed by atoms with Crippen molar-refractivity contribution in [1.82, 2.24) is 0 Å². The van der Waals surface area contributed by atoms with Gasteiger partial charge in [0.2, 0.25) is 0 Å². The molecule has 5 nitrogen and oxygen atoms in total. The number of halogens is 3. The van der Waals surface area contributed by atoms with Gasteiger partial charge in [0.05, 0.1) is 5.56 Å². The lowest BCUT2D eigenvalue weighted by Crippen LogP contribution is -2.28. The second-order valence-corrected chi connectivity index (χ2v) is 5.80. The maximum absolute atomic E-state index is 12.3. The molecule has 0 N–H and O–H groups in total. The fraction of sp³-hybridized carbons (Fsp3) is 0.0714. The third kappa shape index (κ3) is 3.00. The Morgan fingerprint density at radius 2 is 1.74 bits per heavy atom. The van der Waals surface area contributed by atoms with E-state index < -0.39 is 27.0 Å². The smallest absolute Gasteiger partial charge is 0.422 e. The Morgan fingerprint density at radius 3 is 2.26 bits per heavy atom. The van der Waals surface area contributed by atoms with Crippen LogP contribution in [0, 0.1) is 0 Å². The maximum atomic E-state index is 12.3. The molecular weight excluding hydrogens is 337 g/mol. The van der Waals surface area contributed by atoms with Crippen LogP contribution in [0.3, 0.4) is 0 Å². The molecule has 0 aliphatic carbocycles. The van der Waals surface area contributed by atoms with Gasteiger partial charge in [-0.2, -0.15) is 21.6 Å². The van der Waals surface area contributed by atoms with Gasteiger partial charge in [-0.05, 0) is 17.7 Å². The van der Waals surface area contributed by atoms with Crippen LogP contribution in [0.5, 0.6) is 5.75 Å². The normalized spacial score (nSPS) is 12.1. The van der Waals surface area contributed by atoms with Crippen molar-refractivity contribution in [3.8, 4) is 5.75 Å². The molecule has 0 radical (unpaired) electrons. The summed E-state index contributed by atoms with van der Waals surface area (Å²) in [6.07, 6.45) is 2.60. The zero-order valence-corrected chi connectivity index (χ0v) is 12.2. The quantitative estimate of drug-likeness (QED) is 0.482. The van der Waals surface area contributed by atoms with Gasteiger partial charge in [-0.15, -0.1) is 0 Å². The van der Waals surface area contributed by atoms with E-state index in [1.807, 2.05) is 0 Å². The highest BCUT2D eigenvalue weighted by Crippen LogP contribution is 2.30. The fourth-order valence-electron chi connectivity index (χ4n) is 1.86. The first-order valence-electron chi connectivity index (χ1n) is 5.97. The lowest BCUT2D eigenvalue weighted by molar-refractivity contribution is -0.0500. The van der Waals surface area contributed by atoms with E-state index in [9.17, 15) is 26.4 Å². The molecule has 0 bridgehead atoms. The molecule has 0 amide bonds. The predicted octanol–water partition coefficient (Wildman–Crippen LogP) is 3.31. The summed E-state index contributed by atoms with van der Waals surface area (Å²) < 4.78 is 67.8. The van der Waals surface area contributed by atoms with Crippen LogP contribution in [0.25, 0.3) is 23.1 Å². The predicted molar refractivity (Wildman–Crippen MR) is 78.3 cm³/mol. The Bertz CT molecular complexity index is 955. The molecule has 23 heavy (non-hydrogen) atoms. The molecule has 0 spiro atoms. The van der Waals surface area contributed by atoms with E-state index in [1.54, 1.807) is 0 Å². The first-order valence-corrected chi connectivity index (χ1v) is 7.38. The van der Waals surface area contributed by atoms with E-state index in [2.05, 4.69) is 17.3 Å². The monoisotopic (exact) mass is 346 g/mol. The number of benzene rings is 1. The number of fused-ring (bicyclic) bond motifs is 1. The summed E-state index contributed by atoms with van der Waals surface area (Å²) in [4.78, 5) is 11.8. The Balaban J connectivity index is 2.64. The minimum absolute atomic E-state index is 0.129. The van der Waals surface area contributed by atoms with Crippen molar-refractivity contribution in [3.63, 3.8) is 0 Å². The Morgan fingerprint density at radius 1 is 1.13 bits per heavy atom. The molecule has 2 rings (SSSR count). The van der Waals surface area contributed by atoms with Crippen molar-refractivity contribution in [1.29, 1.82) is 0 Å². The molecule has 1 aromatic carbocycles. The van der Waals surface area contributed by atoms with Crippen LogP contribution in [0.1, 0.15) is 11.1 Å². The molecule has 1 aromatic heterocycles. The van der Waals surface area contributed by atoms with Gasteiger partial charge in [0.15, 0.2) is 0 Å². The molecule has 0 unspecified atom stereocenters. The van der Waals surface area contributed by atoms with Gasteiger partial charge < -0.3 is 8.60 Å². The molecule has 9 heteroatoms. The fourth-order valence-corrected chi connectivity index (χ4v) is 2.31. The average molecular weight is 346 g/mol. The number of rotatable bonds is 4. The van der Waals surface area contributed by atoms with Gasteiger partial charge >= 0.3 is 21.3 Å². The maximum Gasteiger partial charge on any atom is 0.534 e. The van der Waals surface area contributed by atoms with Crippen LogP contribution < -0.4 is 9.81 Å². The van der Waals surface area contributed by atoms with Crippen molar-refractivity contribution in [2.75, 3.05) is 0 Å². The number of alkyl halides is 3. The van der Waals surface area contributed by atoms with Crippen LogP contribution in [-0.4, -0.2) is 13.9 Å². The van der Waals surface area contributed by atoms with Crippen LogP contribution in [0.15, 0.2) is 40.6 Å². The van der Waals surface area contributed by atoms with Gasteiger partial charge in [-0.25, -0.2) is 4.79 Å². The van der Waals surface area contributed by atoms with Crippen LogP contribution in [0.4, 0.5) is 13.2 Å². The summed E-state index contributed by atoms with van der Waals surface area (Å²) in [7, 11) is -5.81. The molecule has 1 heterocycles. The van der Waals surface area contributed by atoms with E-state index in [0.29, 0.717) is 10.9 Å². The average Bonchev–Trinajstić information content (AvgIpc) is 2.43. The highest BCUT2D eigenvalue weighted by atomic mass is 32.2. The Hall–Kier alpha value is -2.55. The minimum Gasteiger partial charge on any atom is -0.422 e. The number of hydrogen-bond donors (Lipinski definition) is 0. The van der Waals surface area contributed by atoms with Gasteiger partial charge in [0.25, 0.3) is 0 Å². The molecule has 0 saturated carbocycles. The van der Waals surface area contributed by atoms with Gasteiger partial charge in [-0.3, -0.25) is 0 Å². The van der Waals surface area contributed by atoms with E-state index in [0.717, 1.165) is 12.1 Å². The first-order chi connectivity index (χ1) is 10.6. The van der Waals surface area contributed by atoms with E-state index in [4.69, 9.17) is 4.42 Å². The second kappa shape index (κ2) is 5.58. The molecule has 0 aliphatic rings. The van der Waals surface area contributed by atoms with E-state index in [-0.39, 0.29) is 11.1 Å². The topological polar surface area (TPSA) is 73.6 Å². The summed E-state index contributed by atoms with van der Waals surface area (Å²) in [6.45, 7) is 7.00. The van der Waals surface area contributed by atoms with Gasteiger partial charge in [-0.1, -0.05) is 25.3 Å². The van der Waals surface area contributed by atoms with Gasteiger partial charge in [0.1, 0.15) is 11.3 Å². The third-order valence-electron chi connectivity index (χ3n) is 2.85. The summed E-state index contributed by atoms with van der Waals surface area (Å²) in [5.41, 5.74) is -6.02. The van der Waals surface area contributed by atoms with Crippen molar-refractivity contribution < 1.29 is 30.2 Å². The lowest BCUT2D eigenvalue weighted by Gasteiger charge is -2.10. The zero-order valence-electron chi connectivity index (χ0n) is 11.4. The summed E-state index contributed by atoms with van der Waals surface area (Å²) >= 11 is 0. The van der Waals surface area contributed by atoms with Crippen LogP contribution in [-0.2, 0) is 10.1 Å². The molecule has 0 aliphatic heterocycles. The van der Waals surface area contributed by atoms with Crippen LogP contribution >= 0.6 is 0 Å². The van der Waals surface area contributed by atoms with E-state index in [1.165, 1.54) is 18.2 Å². The highest BCUT2D eigenvalue weighted by molar-refractivity contribution is 7.88. The summed E-state index contributed by atoms with van der Waals surface area (Å²) in [6, 6.07) is 3.13. The van der Waals surface area contributed by atoms with Gasteiger partial charge in [0, 0.05) is 11.5 Å². The Labute approximate surface area is 128 Å². The molecule has 0 atom stereocenters. The minimum atomic E-state index is -5.81. The van der Waals surface area contributed by atoms with Crippen molar-refractivity contribution in [2.24, 2.45) is 0 Å². The van der Waals surface area contributed by atoms with Crippen molar-refractivity contribution >= 4 is 33.2 Å². The molecule has 0 saturated heterocycles. The standard InChI is InChI=1S/C14H9F3O5S/c1-3-9-10(4-2)13(18)21-12-7-8(5-6-11(9)12)22-23(19,20)14(15,16)17/h3-7H,1-2H2. The zero-order chi connectivity index (χ0) is 17.4. The highest BCUT2D eigenvalue weighted by Gasteiger charge is 2.48. The largest absolute Gasteiger partial charge is 0.534 e. The van der Waals surface area contributed by atoms with E-state index >= 15 is 0 Å². The molecule has 122 valence electrons. The Kier molecular flexibility index (Phi) is 4.08.